The van der Waals surface area contributed by atoms with Crippen molar-refractivity contribution in [1.82, 2.24) is 0 Å². The van der Waals surface area contributed by atoms with Crippen molar-refractivity contribution in [2.24, 2.45) is 0 Å². The minimum atomic E-state index is -0.602. The Hall–Kier alpha value is -2.56. The predicted octanol–water partition coefficient (Wildman–Crippen LogP) is 2.47. The zero-order valence-electron chi connectivity index (χ0n) is 9.97. The number of hydrogen-bond acceptors (Lipinski definition) is 4. The third kappa shape index (κ3) is 3.22. The first-order valence-corrected chi connectivity index (χ1v) is 5.56. The Kier molecular flexibility index (Phi) is 3.66. The van der Waals surface area contributed by atoms with Crippen LogP contribution in [0.1, 0.15) is 15.9 Å². The summed E-state index contributed by atoms with van der Waals surface area (Å²) in [6.07, 6.45) is 0. The Bertz CT molecular complexity index is 613. The standard InChI is InChI=1S/C14H12FNO3/c15-12-5-4-10(7-13(12)16)14(18)19-8-9-2-1-3-11(17)6-9/h1-7,17H,8,16H2. The van der Waals surface area contributed by atoms with Crippen molar-refractivity contribution in [2.45, 2.75) is 6.61 Å². The summed E-state index contributed by atoms with van der Waals surface area (Å²) in [5.74, 6) is -1.08. The molecular weight excluding hydrogens is 249 g/mol. The molecule has 4 nitrogen and oxygen atoms in total. The molecule has 0 amide bonds. The number of hydrogen-bond donors (Lipinski definition) is 2. The van der Waals surface area contributed by atoms with Crippen LogP contribution in [0.4, 0.5) is 10.1 Å². The van der Waals surface area contributed by atoms with E-state index in [1.807, 2.05) is 0 Å². The van der Waals surface area contributed by atoms with Crippen LogP contribution in [0.5, 0.6) is 5.75 Å². The summed E-state index contributed by atoms with van der Waals surface area (Å²) in [5, 5.41) is 9.26. The number of halogens is 1. The molecule has 2 aromatic carbocycles. The molecule has 5 heteroatoms. The van der Waals surface area contributed by atoms with E-state index >= 15 is 0 Å². The second kappa shape index (κ2) is 5.39. The molecule has 19 heavy (non-hydrogen) atoms. The summed E-state index contributed by atoms with van der Waals surface area (Å²) in [6, 6.07) is 10.0. The van der Waals surface area contributed by atoms with Crippen molar-refractivity contribution in [3.63, 3.8) is 0 Å². The number of ether oxygens (including phenoxy) is 1. The molecule has 0 aliphatic rings. The average Bonchev–Trinajstić information content (AvgIpc) is 2.39. The van der Waals surface area contributed by atoms with Gasteiger partial charge in [-0.1, -0.05) is 12.1 Å². The topological polar surface area (TPSA) is 72.6 Å². The van der Waals surface area contributed by atoms with Crippen molar-refractivity contribution in [1.29, 1.82) is 0 Å². The van der Waals surface area contributed by atoms with Crippen molar-refractivity contribution in [2.75, 3.05) is 5.73 Å². The van der Waals surface area contributed by atoms with Gasteiger partial charge in [0.25, 0.3) is 0 Å². The molecule has 0 saturated carbocycles. The highest BCUT2D eigenvalue weighted by Crippen LogP contribution is 2.15. The van der Waals surface area contributed by atoms with Gasteiger partial charge in [-0.25, -0.2) is 9.18 Å². The van der Waals surface area contributed by atoms with Gasteiger partial charge in [-0.2, -0.15) is 0 Å². The van der Waals surface area contributed by atoms with Crippen LogP contribution in [0, 0.1) is 5.82 Å². The Morgan fingerprint density at radius 1 is 1.26 bits per heavy atom. The number of esters is 1. The number of carbonyl (C=O) groups excluding carboxylic acids is 1. The summed E-state index contributed by atoms with van der Waals surface area (Å²) < 4.78 is 18.0. The van der Waals surface area contributed by atoms with E-state index in [1.165, 1.54) is 24.3 Å². The van der Waals surface area contributed by atoms with Crippen LogP contribution < -0.4 is 5.73 Å². The van der Waals surface area contributed by atoms with Gasteiger partial charge in [0.15, 0.2) is 0 Å². The van der Waals surface area contributed by atoms with Crippen LogP contribution in [0.3, 0.4) is 0 Å². The number of phenols is 1. The fraction of sp³-hybridized carbons (Fsp3) is 0.0714. The molecule has 0 heterocycles. The predicted molar refractivity (Wildman–Crippen MR) is 68.0 cm³/mol. The van der Waals surface area contributed by atoms with Crippen LogP contribution >= 0.6 is 0 Å². The zero-order valence-corrected chi connectivity index (χ0v) is 9.97. The minimum Gasteiger partial charge on any atom is -0.508 e. The van der Waals surface area contributed by atoms with Crippen LogP contribution in [0.15, 0.2) is 42.5 Å². The number of nitrogens with two attached hydrogens (primary N) is 1. The highest BCUT2D eigenvalue weighted by Gasteiger charge is 2.09. The number of rotatable bonds is 3. The van der Waals surface area contributed by atoms with E-state index in [1.54, 1.807) is 12.1 Å². The normalized spacial score (nSPS) is 10.2. The SMILES string of the molecule is Nc1cc(C(=O)OCc2cccc(O)c2)ccc1F. The Labute approximate surface area is 109 Å². The number of aromatic hydroxyl groups is 1. The van der Waals surface area contributed by atoms with Gasteiger partial charge in [0, 0.05) is 0 Å². The van der Waals surface area contributed by atoms with E-state index in [0.717, 1.165) is 6.07 Å². The first-order valence-electron chi connectivity index (χ1n) is 5.56. The lowest BCUT2D eigenvalue weighted by atomic mass is 10.2. The number of carbonyl (C=O) groups is 1. The van der Waals surface area contributed by atoms with E-state index in [0.29, 0.717) is 5.56 Å². The Balaban J connectivity index is 2.03. The second-order valence-electron chi connectivity index (χ2n) is 3.98. The second-order valence-corrected chi connectivity index (χ2v) is 3.98. The van der Waals surface area contributed by atoms with E-state index in [2.05, 4.69) is 0 Å². The van der Waals surface area contributed by atoms with E-state index in [4.69, 9.17) is 10.5 Å². The number of benzene rings is 2. The van der Waals surface area contributed by atoms with E-state index in [-0.39, 0.29) is 23.6 Å². The summed E-state index contributed by atoms with van der Waals surface area (Å²) in [4.78, 5) is 11.7. The molecule has 0 aliphatic carbocycles. The van der Waals surface area contributed by atoms with Crippen molar-refractivity contribution < 1.29 is 19.0 Å². The quantitative estimate of drug-likeness (QED) is 0.657. The van der Waals surface area contributed by atoms with Gasteiger partial charge in [0.05, 0.1) is 11.3 Å². The molecule has 2 aromatic rings. The highest BCUT2D eigenvalue weighted by molar-refractivity contribution is 5.90. The van der Waals surface area contributed by atoms with Gasteiger partial charge in [0.1, 0.15) is 18.2 Å². The number of nitrogen functional groups attached to an aromatic ring is 1. The summed E-state index contributed by atoms with van der Waals surface area (Å²) >= 11 is 0. The monoisotopic (exact) mass is 261 g/mol. The third-order valence-corrected chi connectivity index (χ3v) is 2.51. The number of phenolic OH excluding ortho intramolecular Hbond substituents is 1. The van der Waals surface area contributed by atoms with E-state index in [9.17, 15) is 14.3 Å². The third-order valence-electron chi connectivity index (χ3n) is 2.51. The molecule has 0 unspecified atom stereocenters. The molecule has 0 spiro atoms. The fourth-order valence-corrected chi connectivity index (χ4v) is 1.55. The smallest absolute Gasteiger partial charge is 0.338 e. The largest absolute Gasteiger partial charge is 0.508 e. The fourth-order valence-electron chi connectivity index (χ4n) is 1.55. The summed E-state index contributed by atoms with van der Waals surface area (Å²) in [5.41, 5.74) is 6.10. The van der Waals surface area contributed by atoms with Gasteiger partial charge in [-0.15, -0.1) is 0 Å². The maximum Gasteiger partial charge on any atom is 0.338 e. The number of anilines is 1. The first kappa shape index (κ1) is 12.9. The lowest BCUT2D eigenvalue weighted by Gasteiger charge is -2.06. The van der Waals surface area contributed by atoms with Gasteiger partial charge in [0.2, 0.25) is 0 Å². The average molecular weight is 261 g/mol. The van der Waals surface area contributed by atoms with Crippen LogP contribution in [-0.2, 0) is 11.3 Å². The van der Waals surface area contributed by atoms with Crippen LogP contribution in [0.25, 0.3) is 0 Å². The van der Waals surface area contributed by atoms with Crippen molar-refractivity contribution in [3.8, 4) is 5.75 Å². The van der Waals surface area contributed by atoms with Gasteiger partial charge < -0.3 is 15.6 Å². The summed E-state index contributed by atoms with van der Waals surface area (Å²) in [7, 11) is 0. The van der Waals surface area contributed by atoms with Crippen molar-refractivity contribution >= 4 is 11.7 Å². The van der Waals surface area contributed by atoms with Crippen LogP contribution in [0.2, 0.25) is 0 Å². The molecule has 0 aromatic heterocycles. The maximum atomic E-state index is 13.0. The molecule has 0 saturated heterocycles. The molecule has 98 valence electrons. The van der Waals surface area contributed by atoms with Gasteiger partial charge in [-0.05, 0) is 35.9 Å². The van der Waals surface area contributed by atoms with Crippen molar-refractivity contribution in [3.05, 3.63) is 59.4 Å². The molecule has 0 aliphatic heterocycles. The maximum absolute atomic E-state index is 13.0. The highest BCUT2D eigenvalue weighted by atomic mass is 19.1. The molecule has 3 N–H and O–H groups in total. The Morgan fingerprint density at radius 2 is 2.05 bits per heavy atom. The van der Waals surface area contributed by atoms with Gasteiger partial charge >= 0.3 is 5.97 Å². The lowest BCUT2D eigenvalue weighted by Crippen LogP contribution is -2.06. The first-order chi connectivity index (χ1) is 9.06. The molecule has 2 rings (SSSR count). The zero-order chi connectivity index (χ0) is 13.8. The molecule has 0 atom stereocenters. The summed E-state index contributed by atoms with van der Waals surface area (Å²) in [6.45, 7) is 0.0184. The van der Waals surface area contributed by atoms with E-state index < -0.39 is 11.8 Å². The van der Waals surface area contributed by atoms with Crippen LogP contribution in [-0.4, -0.2) is 11.1 Å². The Morgan fingerprint density at radius 3 is 2.74 bits per heavy atom. The molecule has 0 bridgehead atoms. The molecule has 0 radical (unpaired) electrons. The van der Waals surface area contributed by atoms with Gasteiger partial charge in [-0.3, -0.25) is 0 Å². The molecular formula is C14H12FNO3. The lowest BCUT2D eigenvalue weighted by molar-refractivity contribution is 0.0472. The molecule has 0 fully saturated rings. The minimum absolute atomic E-state index is 0.0184.